The Morgan fingerprint density at radius 3 is 2.23 bits per heavy atom. The molecule has 3 unspecified atom stereocenters. The van der Waals surface area contributed by atoms with Crippen LogP contribution < -0.4 is 5.32 Å². The molecule has 0 spiro atoms. The first-order chi connectivity index (χ1) is 16.8. The van der Waals surface area contributed by atoms with Gasteiger partial charge in [0.2, 0.25) is 0 Å². The Morgan fingerprint density at radius 2 is 1.69 bits per heavy atom. The minimum Gasteiger partial charge on any atom is -0.480 e. The van der Waals surface area contributed by atoms with Crippen LogP contribution in [0, 0.1) is 5.92 Å². The van der Waals surface area contributed by atoms with Crippen LogP contribution in [0.4, 0.5) is 4.79 Å². The summed E-state index contributed by atoms with van der Waals surface area (Å²) in [6, 6.07) is 15.2. The van der Waals surface area contributed by atoms with E-state index >= 15 is 0 Å². The number of carbonyl (C=O) groups is 3. The van der Waals surface area contributed by atoms with Gasteiger partial charge in [-0.15, -0.1) is 0 Å². The van der Waals surface area contributed by atoms with E-state index in [1.54, 1.807) is 6.92 Å². The fraction of sp³-hybridized carbons (Fsp3) is 0.444. The number of amides is 2. The van der Waals surface area contributed by atoms with Crippen molar-refractivity contribution in [1.29, 1.82) is 0 Å². The van der Waals surface area contributed by atoms with Gasteiger partial charge in [0.25, 0.3) is 5.91 Å². The number of hydrogen-bond acceptors (Lipinski definition) is 5. The summed E-state index contributed by atoms with van der Waals surface area (Å²) in [7, 11) is 1.44. The summed E-state index contributed by atoms with van der Waals surface area (Å²) in [4.78, 5) is 39.8. The molecule has 8 heteroatoms. The monoisotopic (exact) mass is 480 g/mol. The number of rotatable bonds is 8. The number of benzene rings is 2. The average molecular weight is 481 g/mol. The number of nitrogens with zero attached hydrogens (tertiary/aromatic N) is 1. The SMILES string of the molecule is CCC(COC)(NC(=O)OCC1c2ccccc2-c2ccccc21)C(=O)N1CCC(C)C1C(=O)O. The highest BCUT2D eigenvalue weighted by Crippen LogP contribution is 2.44. The first kappa shape index (κ1) is 24.7. The first-order valence-electron chi connectivity index (χ1n) is 12.0. The van der Waals surface area contributed by atoms with Crippen molar-refractivity contribution < 1.29 is 29.0 Å². The van der Waals surface area contributed by atoms with Crippen molar-refractivity contribution in [3.05, 3.63) is 59.7 Å². The van der Waals surface area contributed by atoms with E-state index in [0.717, 1.165) is 22.3 Å². The molecule has 8 nitrogen and oxygen atoms in total. The zero-order chi connectivity index (χ0) is 25.2. The Hall–Kier alpha value is -3.39. The van der Waals surface area contributed by atoms with Gasteiger partial charge >= 0.3 is 12.1 Å². The third kappa shape index (κ3) is 4.50. The summed E-state index contributed by atoms with van der Waals surface area (Å²) in [6.45, 7) is 3.91. The number of carboxylic acids is 1. The van der Waals surface area contributed by atoms with E-state index in [9.17, 15) is 19.5 Å². The number of carbonyl (C=O) groups excluding carboxylic acids is 2. The van der Waals surface area contributed by atoms with Crippen molar-refractivity contribution in [3.63, 3.8) is 0 Å². The zero-order valence-corrected chi connectivity index (χ0v) is 20.3. The second-order valence-electron chi connectivity index (χ2n) is 9.37. The molecule has 1 fully saturated rings. The minimum atomic E-state index is -1.42. The van der Waals surface area contributed by atoms with Crippen LogP contribution in [0.25, 0.3) is 11.1 Å². The van der Waals surface area contributed by atoms with Gasteiger partial charge in [-0.2, -0.15) is 0 Å². The fourth-order valence-electron chi connectivity index (χ4n) is 5.40. The lowest BCUT2D eigenvalue weighted by atomic mass is 9.94. The van der Waals surface area contributed by atoms with E-state index in [1.165, 1.54) is 12.0 Å². The molecule has 2 aromatic rings. The van der Waals surface area contributed by atoms with Crippen molar-refractivity contribution >= 4 is 18.0 Å². The van der Waals surface area contributed by atoms with Crippen LogP contribution in [-0.4, -0.2) is 66.4 Å². The molecular formula is C27H32N2O6. The quantitative estimate of drug-likeness (QED) is 0.598. The van der Waals surface area contributed by atoms with E-state index in [-0.39, 0.29) is 31.5 Å². The highest BCUT2D eigenvalue weighted by atomic mass is 16.5. The Kier molecular flexibility index (Phi) is 7.12. The molecule has 2 amide bonds. The molecule has 0 saturated carbocycles. The zero-order valence-electron chi connectivity index (χ0n) is 20.3. The second-order valence-corrected chi connectivity index (χ2v) is 9.37. The molecule has 3 atom stereocenters. The maximum atomic E-state index is 13.6. The summed E-state index contributed by atoms with van der Waals surface area (Å²) in [6.07, 6.45) is 0.0693. The highest BCUT2D eigenvalue weighted by Gasteiger charge is 2.48. The van der Waals surface area contributed by atoms with E-state index in [4.69, 9.17) is 9.47 Å². The number of likely N-dealkylation sites (tertiary alicyclic amines) is 1. The maximum absolute atomic E-state index is 13.6. The van der Waals surface area contributed by atoms with Crippen molar-refractivity contribution in [3.8, 4) is 11.1 Å². The molecule has 1 aliphatic heterocycles. The highest BCUT2D eigenvalue weighted by molar-refractivity contribution is 5.93. The predicted octanol–water partition coefficient (Wildman–Crippen LogP) is 3.64. The average Bonchev–Trinajstić information content (AvgIpc) is 3.40. The first-order valence-corrected chi connectivity index (χ1v) is 12.0. The number of methoxy groups -OCH3 is 1. The molecule has 0 bridgehead atoms. The summed E-state index contributed by atoms with van der Waals surface area (Å²) >= 11 is 0. The van der Waals surface area contributed by atoms with Gasteiger partial charge in [-0.05, 0) is 41.0 Å². The lowest BCUT2D eigenvalue weighted by molar-refractivity contribution is -0.153. The molecular weight excluding hydrogens is 448 g/mol. The van der Waals surface area contributed by atoms with Gasteiger partial charge in [-0.3, -0.25) is 4.79 Å². The number of hydrogen-bond donors (Lipinski definition) is 2. The summed E-state index contributed by atoms with van der Waals surface area (Å²) in [5.41, 5.74) is 3.00. The van der Waals surface area contributed by atoms with E-state index in [2.05, 4.69) is 17.4 Å². The van der Waals surface area contributed by atoms with E-state index in [0.29, 0.717) is 13.0 Å². The molecule has 2 aromatic carbocycles. The second kappa shape index (κ2) is 10.1. The van der Waals surface area contributed by atoms with Crippen LogP contribution in [0.2, 0.25) is 0 Å². The van der Waals surface area contributed by atoms with Crippen LogP contribution in [0.15, 0.2) is 48.5 Å². The van der Waals surface area contributed by atoms with Crippen LogP contribution in [0.3, 0.4) is 0 Å². The normalized spacial score (nSPS) is 20.6. The smallest absolute Gasteiger partial charge is 0.408 e. The lowest BCUT2D eigenvalue weighted by Gasteiger charge is -2.36. The van der Waals surface area contributed by atoms with Gasteiger partial charge in [0.15, 0.2) is 0 Å². The predicted molar refractivity (Wildman–Crippen MR) is 130 cm³/mol. The van der Waals surface area contributed by atoms with Crippen LogP contribution >= 0.6 is 0 Å². The maximum Gasteiger partial charge on any atom is 0.408 e. The van der Waals surface area contributed by atoms with Crippen LogP contribution in [0.1, 0.15) is 43.7 Å². The number of carboxylic acid groups (broad SMARTS) is 1. The third-order valence-corrected chi connectivity index (χ3v) is 7.30. The number of aliphatic carboxylic acids is 1. The number of ether oxygens (including phenoxy) is 2. The third-order valence-electron chi connectivity index (χ3n) is 7.30. The number of fused-ring (bicyclic) bond motifs is 3. The Labute approximate surface area is 205 Å². The molecule has 0 aromatic heterocycles. The molecule has 35 heavy (non-hydrogen) atoms. The van der Waals surface area contributed by atoms with Gasteiger partial charge in [0.1, 0.15) is 18.2 Å². The van der Waals surface area contributed by atoms with Gasteiger partial charge in [0.05, 0.1) is 6.61 Å². The topological polar surface area (TPSA) is 105 Å². The number of nitrogens with one attached hydrogen (secondary N) is 1. The standard InChI is InChI=1S/C27H32N2O6/c1-4-27(16-34-3,25(32)29-14-13-17(2)23(29)24(30)31)28-26(33)35-15-22-20-11-7-5-9-18(20)19-10-6-8-12-21(19)22/h5-12,17,22-23H,4,13-16H2,1-3H3,(H,28,33)(H,30,31). The van der Waals surface area contributed by atoms with Gasteiger partial charge < -0.3 is 24.8 Å². The molecule has 1 heterocycles. The summed E-state index contributed by atoms with van der Waals surface area (Å²) in [5, 5.41) is 12.4. The Bertz CT molecular complexity index is 1070. The Morgan fingerprint density at radius 1 is 1.09 bits per heavy atom. The van der Waals surface area contributed by atoms with Crippen molar-refractivity contribution in [2.24, 2.45) is 5.92 Å². The lowest BCUT2D eigenvalue weighted by Crippen LogP contribution is -2.63. The summed E-state index contributed by atoms with van der Waals surface area (Å²) < 4.78 is 11.0. The van der Waals surface area contributed by atoms with Gasteiger partial charge in [0, 0.05) is 19.6 Å². The van der Waals surface area contributed by atoms with Crippen LogP contribution in [0.5, 0.6) is 0 Å². The fourth-order valence-corrected chi connectivity index (χ4v) is 5.40. The van der Waals surface area contributed by atoms with E-state index in [1.807, 2.05) is 43.3 Å². The molecule has 1 saturated heterocycles. The largest absolute Gasteiger partial charge is 0.480 e. The van der Waals surface area contributed by atoms with E-state index < -0.39 is 29.6 Å². The molecule has 1 aliphatic carbocycles. The molecule has 4 rings (SSSR count). The molecule has 0 radical (unpaired) electrons. The molecule has 186 valence electrons. The molecule has 2 N–H and O–H groups in total. The van der Waals surface area contributed by atoms with Gasteiger partial charge in [-0.1, -0.05) is 62.4 Å². The van der Waals surface area contributed by atoms with Gasteiger partial charge in [-0.25, -0.2) is 9.59 Å². The summed E-state index contributed by atoms with van der Waals surface area (Å²) in [5.74, 6) is -1.81. The van der Waals surface area contributed by atoms with Crippen molar-refractivity contribution in [1.82, 2.24) is 10.2 Å². The molecule has 2 aliphatic rings. The minimum absolute atomic E-state index is 0.0935. The van der Waals surface area contributed by atoms with Crippen LogP contribution in [-0.2, 0) is 19.1 Å². The van der Waals surface area contributed by atoms with Crippen molar-refractivity contribution in [2.45, 2.75) is 44.2 Å². The Balaban J connectivity index is 1.51. The number of alkyl carbamates (subject to hydrolysis) is 1. The van der Waals surface area contributed by atoms with Crippen molar-refractivity contribution in [2.75, 3.05) is 26.9 Å².